The number of guanidine groups is 1. The van der Waals surface area contributed by atoms with Crippen LogP contribution in [0.4, 0.5) is 0 Å². The third-order valence-electron chi connectivity index (χ3n) is 3.02. The van der Waals surface area contributed by atoms with Crippen molar-refractivity contribution in [3.8, 4) is 0 Å². The predicted molar refractivity (Wildman–Crippen MR) is 65.7 cm³/mol. The van der Waals surface area contributed by atoms with E-state index in [0.717, 1.165) is 11.1 Å². The first-order chi connectivity index (χ1) is 8.22. The molecule has 1 heterocycles. The molecular weight excluding hydrogens is 214 g/mol. The first kappa shape index (κ1) is 10.3. The molecule has 0 spiro atoms. The number of benzene rings is 1. The summed E-state index contributed by atoms with van der Waals surface area (Å²) in [5, 5.41) is 6.01. The summed E-state index contributed by atoms with van der Waals surface area (Å²) in [6.07, 6.45) is 2.34. The average molecular weight is 229 g/mol. The lowest BCUT2D eigenvalue weighted by atomic mass is 10.1. The second-order valence-corrected chi connectivity index (χ2v) is 4.70. The molecule has 1 saturated carbocycles. The standard InChI is InChI=1S/C13H15N3O/c1-8-3-2-4-9(7-8)11-12(17)16-13(15-11)14-10-5-6-10/h2-4,7,10-11H,5-6H2,1H3,(H2,14,15,16,17). The predicted octanol–water partition coefficient (Wildman–Crippen LogP) is 1.27. The number of nitrogens with zero attached hydrogens (tertiary/aromatic N) is 1. The molecule has 1 atom stereocenters. The summed E-state index contributed by atoms with van der Waals surface area (Å²) < 4.78 is 0. The minimum Gasteiger partial charge on any atom is -0.353 e. The van der Waals surface area contributed by atoms with Crippen LogP contribution in [0.1, 0.15) is 30.0 Å². The lowest BCUT2D eigenvalue weighted by Gasteiger charge is -2.05. The highest BCUT2D eigenvalue weighted by Gasteiger charge is 2.31. The maximum Gasteiger partial charge on any atom is 0.256 e. The van der Waals surface area contributed by atoms with Gasteiger partial charge in [-0.15, -0.1) is 0 Å². The Hall–Kier alpha value is -1.84. The lowest BCUT2D eigenvalue weighted by Crippen LogP contribution is -2.37. The Balaban J connectivity index is 1.82. The number of nitrogens with one attached hydrogen (secondary N) is 2. The minimum atomic E-state index is -0.392. The van der Waals surface area contributed by atoms with Crippen LogP contribution in [0.5, 0.6) is 0 Å². The molecule has 1 fully saturated rings. The van der Waals surface area contributed by atoms with E-state index in [1.807, 2.05) is 31.2 Å². The van der Waals surface area contributed by atoms with Crippen molar-refractivity contribution in [3.05, 3.63) is 35.4 Å². The molecule has 2 N–H and O–H groups in total. The summed E-state index contributed by atoms with van der Waals surface area (Å²) in [5.41, 5.74) is 2.10. The summed E-state index contributed by atoms with van der Waals surface area (Å²) >= 11 is 0. The summed E-state index contributed by atoms with van der Waals surface area (Å²) in [4.78, 5) is 16.2. The third-order valence-corrected chi connectivity index (χ3v) is 3.02. The van der Waals surface area contributed by atoms with Gasteiger partial charge in [-0.05, 0) is 25.3 Å². The van der Waals surface area contributed by atoms with Gasteiger partial charge in [0.25, 0.3) is 5.91 Å². The molecule has 1 amide bonds. The first-order valence-corrected chi connectivity index (χ1v) is 5.94. The molecular formula is C13H15N3O. The van der Waals surface area contributed by atoms with Crippen molar-refractivity contribution >= 4 is 11.9 Å². The third kappa shape index (κ3) is 2.16. The van der Waals surface area contributed by atoms with E-state index in [-0.39, 0.29) is 5.91 Å². The van der Waals surface area contributed by atoms with Crippen LogP contribution in [0.15, 0.2) is 29.3 Å². The normalized spacial score (nSPS) is 23.2. The van der Waals surface area contributed by atoms with Gasteiger partial charge in [-0.2, -0.15) is 0 Å². The average Bonchev–Trinajstić information content (AvgIpc) is 3.01. The number of carbonyl (C=O) groups is 1. The van der Waals surface area contributed by atoms with Gasteiger partial charge in [0.15, 0.2) is 12.0 Å². The smallest absolute Gasteiger partial charge is 0.256 e. The van der Waals surface area contributed by atoms with Gasteiger partial charge in [0.2, 0.25) is 0 Å². The highest BCUT2D eigenvalue weighted by atomic mass is 16.2. The van der Waals surface area contributed by atoms with Crippen LogP contribution in [0.2, 0.25) is 0 Å². The number of carbonyl (C=O) groups excluding carboxylic acids is 1. The van der Waals surface area contributed by atoms with Gasteiger partial charge >= 0.3 is 0 Å². The van der Waals surface area contributed by atoms with Crippen LogP contribution in [0, 0.1) is 6.92 Å². The molecule has 1 aromatic rings. The summed E-state index contributed by atoms with van der Waals surface area (Å²) in [7, 11) is 0. The topological polar surface area (TPSA) is 53.5 Å². The van der Waals surface area contributed by atoms with E-state index in [9.17, 15) is 4.79 Å². The van der Waals surface area contributed by atoms with Gasteiger partial charge in [0.05, 0.1) is 0 Å². The van der Waals surface area contributed by atoms with Gasteiger partial charge in [0, 0.05) is 6.04 Å². The number of amides is 1. The minimum absolute atomic E-state index is 0.0428. The Labute approximate surface area is 100 Å². The summed E-state index contributed by atoms with van der Waals surface area (Å²) in [5.74, 6) is 0.586. The van der Waals surface area contributed by atoms with Crippen molar-refractivity contribution in [2.75, 3.05) is 0 Å². The van der Waals surface area contributed by atoms with E-state index in [0.29, 0.717) is 12.0 Å². The van der Waals surface area contributed by atoms with Gasteiger partial charge < -0.3 is 5.32 Å². The van der Waals surface area contributed by atoms with Crippen LogP contribution >= 0.6 is 0 Å². The molecule has 1 aliphatic heterocycles. The van der Waals surface area contributed by atoms with Crippen LogP contribution < -0.4 is 10.6 Å². The Morgan fingerprint density at radius 2 is 2.24 bits per heavy atom. The molecule has 4 nitrogen and oxygen atoms in total. The van der Waals surface area contributed by atoms with Gasteiger partial charge in [0.1, 0.15) is 0 Å². The van der Waals surface area contributed by atoms with Crippen LogP contribution in [-0.2, 0) is 4.79 Å². The van der Waals surface area contributed by atoms with Gasteiger partial charge in [-0.1, -0.05) is 29.8 Å². The van der Waals surface area contributed by atoms with Gasteiger partial charge in [-0.25, -0.2) is 4.99 Å². The molecule has 1 aromatic carbocycles. The highest BCUT2D eigenvalue weighted by molar-refractivity contribution is 6.05. The Kier molecular flexibility index (Phi) is 2.35. The molecule has 1 unspecified atom stereocenters. The van der Waals surface area contributed by atoms with E-state index >= 15 is 0 Å². The van der Waals surface area contributed by atoms with Crippen LogP contribution in [0.25, 0.3) is 0 Å². The van der Waals surface area contributed by atoms with Crippen molar-refractivity contribution in [1.29, 1.82) is 0 Å². The molecule has 1 aliphatic carbocycles. The lowest BCUT2D eigenvalue weighted by molar-refractivity contribution is -0.120. The molecule has 0 aromatic heterocycles. The quantitative estimate of drug-likeness (QED) is 0.802. The zero-order valence-electron chi connectivity index (χ0n) is 9.73. The fourth-order valence-corrected chi connectivity index (χ4v) is 1.97. The molecule has 4 heteroatoms. The van der Waals surface area contributed by atoms with E-state index in [1.54, 1.807) is 0 Å². The zero-order valence-corrected chi connectivity index (χ0v) is 9.73. The van der Waals surface area contributed by atoms with E-state index in [4.69, 9.17) is 0 Å². The van der Waals surface area contributed by atoms with E-state index < -0.39 is 6.04 Å². The van der Waals surface area contributed by atoms with Crippen LogP contribution in [0.3, 0.4) is 0 Å². The Bertz CT molecular complexity index is 491. The maximum atomic E-state index is 11.8. The second kappa shape index (κ2) is 3.87. The fraction of sp³-hybridized carbons (Fsp3) is 0.385. The van der Waals surface area contributed by atoms with E-state index in [2.05, 4.69) is 15.6 Å². The number of aryl methyl sites for hydroxylation is 1. The SMILES string of the molecule is Cc1cccc(C2N=C(NC3CC3)NC2=O)c1. The zero-order chi connectivity index (χ0) is 11.8. The summed E-state index contributed by atoms with van der Waals surface area (Å²) in [6, 6.07) is 8.04. The van der Waals surface area contributed by atoms with Crippen molar-refractivity contribution in [1.82, 2.24) is 10.6 Å². The van der Waals surface area contributed by atoms with Gasteiger partial charge in [-0.3, -0.25) is 10.1 Å². The van der Waals surface area contributed by atoms with Crippen molar-refractivity contribution in [2.24, 2.45) is 4.99 Å². The van der Waals surface area contributed by atoms with Crippen molar-refractivity contribution in [3.63, 3.8) is 0 Å². The molecule has 88 valence electrons. The van der Waals surface area contributed by atoms with E-state index in [1.165, 1.54) is 12.8 Å². The first-order valence-electron chi connectivity index (χ1n) is 5.94. The number of aliphatic imine (C=N–C) groups is 1. The second-order valence-electron chi connectivity index (χ2n) is 4.70. The number of rotatable bonds is 2. The van der Waals surface area contributed by atoms with Crippen LogP contribution in [-0.4, -0.2) is 17.9 Å². The molecule has 2 aliphatic rings. The largest absolute Gasteiger partial charge is 0.353 e. The Morgan fingerprint density at radius 1 is 1.41 bits per heavy atom. The summed E-state index contributed by atoms with van der Waals surface area (Å²) in [6.45, 7) is 2.02. The number of hydrogen-bond donors (Lipinski definition) is 2. The fourth-order valence-electron chi connectivity index (χ4n) is 1.97. The molecule has 0 saturated heterocycles. The highest BCUT2D eigenvalue weighted by Crippen LogP contribution is 2.23. The Morgan fingerprint density at radius 3 is 2.94 bits per heavy atom. The number of hydrogen-bond acceptors (Lipinski definition) is 3. The molecule has 0 radical (unpaired) electrons. The molecule has 17 heavy (non-hydrogen) atoms. The maximum absolute atomic E-state index is 11.8. The molecule has 3 rings (SSSR count). The molecule has 0 bridgehead atoms. The van der Waals surface area contributed by atoms with Crippen molar-refractivity contribution in [2.45, 2.75) is 31.8 Å². The monoisotopic (exact) mass is 229 g/mol. The van der Waals surface area contributed by atoms with Crippen molar-refractivity contribution < 1.29 is 4.79 Å².